The molecule has 9 heteroatoms. The SMILES string of the molecule is CCC(NC(=O)c1ccc(-n2ccc(C(F)(F)F)n2)cc1)c1ncc(-c2ccccc2)[nH]1. The van der Waals surface area contributed by atoms with Gasteiger partial charge in [0.1, 0.15) is 5.82 Å². The maximum Gasteiger partial charge on any atom is 0.435 e. The van der Waals surface area contributed by atoms with Crippen molar-refractivity contribution >= 4 is 5.91 Å². The normalized spacial score (nSPS) is 12.5. The second kappa shape index (κ2) is 8.70. The maximum absolute atomic E-state index is 12.7. The minimum Gasteiger partial charge on any atom is -0.342 e. The number of rotatable bonds is 6. The van der Waals surface area contributed by atoms with E-state index in [9.17, 15) is 18.0 Å². The molecule has 2 aromatic heterocycles. The number of H-pyrrole nitrogens is 1. The number of nitrogens with zero attached hydrogens (tertiary/aromatic N) is 3. The quantitative estimate of drug-likeness (QED) is 0.436. The summed E-state index contributed by atoms with van der Waals surface area (Å²) in [5.74, 6) is 0.338. The average Bonchev–Trinajstić information content (AvgIpc) is 3.48. The van der Waals surface area contributed by atoms with Gasteiger partial charge in [-0.1, -0.05) is 37.3 Å². The summed E-state index contributed by atoms with van der Waals surface area (Å²) in [5, 5.41) is 6.48. The predicted molar refractivity (Wildman–Crippen MR) is 113 cm³/mol. The number of aromatic amines is 1. The van der Waals surface area contributed by atoms with Crippen LogP contribution in [0.4, 0.5) is 13.2 Å². The highest BCUT2D eigenvalue weighted by molar-refractivity contribution is 5.94. The second-order valence-electron chi connectivity index (χ2n) is 7.17. The van der Waals surface area contributed by atoms with E-state index in [1.807, 2.05) is 37.3 Å². The van der Waals surface area contributed by atoms with Crippen LogP contribution in [0, 0.1) is 0 Å². The fourth-order valence-corrected chi connectivity index (χ4v) is 3.27. The topological polar surface area (TPSA) is 75.6 Å². The van der Waals surface area contributed by atoms with Gasteiger partial charge in [0, 0.05) is 11.8 Å². The van der Waals surface area contributed by atoms with Gasteiger partial charge in [-0.15, -0.1) is 0 Å². The molecule has 0 saturated heterocycles. The predicted octanol–water partition coefficient (Wildman–Crippen LogP) is 5.16. The molecule has 0 bridgehead atoms. The lowest BCUT2D eigenvalue weighted by Gasteiger charge is -2.15. The molecule has 2 N–H and O–H groups in total. The van der Waals surface area contributed by atoms with Crippen molar-refractivity contribution < 1.29 is 18.0 Å². The first-order valence-electron chi connectivity index (χ1n) is 9.99. The van der Waals surface area contributed by atoms with Crippen molar-refractivity contribution in [3.05, 3.63) is 90.1 Å². The standard InChI is InChI=1S/C23H20F3N5O/c1-2-18(21-27-14-19(28-21)15-6-4-3-5-7-15)29-22(32)16-8-10-17(11-9-16)31-13-12-20(30-31)23(24,25)26/h3-14,18H,2H2,1H3,(H,27,28)(H,29,32). The van der Waals surface area contributed by atoms with Crippen LogP contribution in [0.3, 0.4) is 0 Å². The molecule has 6 nitrogen and oxygen atoms in total. The van der Waals surface area contributed by atoms with E-state index in [0.717, 1.165) is 22.0 Å². The van der Waals surface area contributed by atoms with Crippen LogP contribution >= 0.6 is 0 Å². The van der Waals surface area contributed by atoms with Crippen LogP contribution in [-0.2, 0) is 6.18 Å². The molecular weight excluding hydrogens is 419 g/mol. The number of carbonyl (C=O) groups excluding carboxylic acids is 1. The fourth-order valence-electron chi connectivity index (χ4n) is 3.27. The fraction of sp³-hybridized carbons (Fsp3) is 0.174. The molecule has 2 heterocycles. The highest BCUT2D eigenvalue weighted by Crippen LogP contribution is 2.28. The number of benzene rings is 2. The molecule has 0 saturated carbocycles. The number of hydrogen-bond acceptors (Lipinski definition) is 3. The Morgan fingerprint density at radius 1 is 1.09 bits per heavy atom. The van der Waals surface area contributed by atoms with Crippen LogP contribution in [0.15, 0.2) is 73.1 Å². The number of carbonyl (C=O) groups is 1. The Balaban J connectivity index is 1.46. The van der Waals surface area contributed by atoms with Crippen molar-refractivity contribution in [2.24, 2.45) is 0 Å². The zero-order chi connectivity index (χ0) is 22.7. The van der Waals surface area contributed by atoms with E-state index in [1.54, 1.807) is 30.5 Å². The van der Waals surface area contributed by atoms with Crippen LogP contribution in [-0.4, -0.2) is 25.7 Å². The van der Waals surface area contributed by atoms with Crippen LogP contribution in [0.1, 0.15) is 41.3 Å². The Bertz CT molecular complexity index is 1200. The van der Waals surface area contributed by atoms with Gasteiger partial charge in [0.05, 0.1) is 23.6 Å². The largest absolute Gasteiger partial charge is 0.435 e. The Morgan fingerprint density at radius 3 is 2.44 bits per heavy atom. The maximum atomic E-state index is 12.7. The molecule has 0 aliphatic carbocycles. The number of halogens is 3. The highest BCUT2D eigenvalue weighted by atomic mass is 19.4. The number of alkyl halides is 3. The Morgan fingerprint density at radius 2 is 1.81 bits per heavy atom. The Kier molecular flexibility index (Phi) is 5.81. The smallest absolute Gasteiger partial charge is 0.342 e. The van der Waals surface area contributed by atoms with Gasteiger partial charge in [0.25, 0.3) is 5.91 Å². The zero-order valence-electron chi connectivity index (χ0n) is 17.1. The summed E-state index contributed by atoms with van der Waals surface area (Å²) in [5.41, 5.74) is 1.68. The summed E-state index contributed by atoms with van der Waals surface area (Å²) >= 11 is 0. The third-order valence-electron chi connectivity index (χ3n) is 5.00. The van der Waals surface area contributed by atoms with Crippen molar-refractivity contribution in [3.8, 4) is 16.9 Å². The number of aromatic nitrogens is 4. The molecular formula is C23H20F3N5O. The van der Waals surface area contributed by atoms with E-state index in [1.165, 1.54) is 6.20 Å². The lowest BCUT2D eigenvalue weighted by molar-refractivity contribution is -0.141. The van der Waals surface area contributed by atoms with E-state index in [0.29, 0.717) is 23.5 Å². The molecule has 32 heavy (non-hydrogen) atoms. The van der Waals surface area contributed by atoms with Gasteiger partial charge in [0.15, 0.2) is 5.69 Å². The molecule has 1 amide bonds. The summed E-state index contributed by atoms with van der Waals surface area (Å²) < 4.78 is 39.3. The molecule has 164 valence electrons. The van der Waals surface area contributed by atoms with Crippen molar-refractivity contribution in [2.45, 2.75) is 25.6 Å². The molecule has 4 rings (SSSR count). The van der Waals surface area contributed by atoms with E-state index < -0.39 is 11.9 Å². The van der Waals surface area contributed by atoms with Crippen LogP contribution in [0.2, 0.25) is 0 Å². The molecule has 1 unspecified atom stereocenters. The molecule has 4 aromatic rings. The monoisotopic (exact) mass is 439 g/mol. The molecule has 0 radical (unpaired) electrons. The first-order valence-corrected chi connectivity index (χ1v) is 9.99. The average molecular weight is 439 g/mol. The Labute approximate surface area is 182 Å². The Hall–Kier alpha value is -3.88. The highest BCUT2D eigenvalue weighted by Gasteiger charge is 2.33. The zero-order valence-corrected chi connectivity index (χ0v) is 17.1. The van der Waals surface area contributed by atoms with Crippen LogP contribution in [0.5, 0.6) is 0 Å². The minimum absolute atomic E-state index is 0.308. The van der Waals surface area contributed by atoms with Gasteiger partial charge in [-0.3, -0.25) is 4.79 Å². The minimum atomic E-state index is -4.51. The molecule has 0 aliphatic rings. The summed E-state index contributed by atoms with van der Waals surface area (Å²) in [4.78, 5) is 20.4. The summed E-state index contributed by atoms with van der Waals surface area (Å²) in [6.07, 6.45) is -0.925. The van der Waals surface area contributed by atoms with E-state index in [4.69, 9.17) is 0 Å². The number of hydrogen-bond donors (Lipinski definition) is 2. The first-order chi connectivity index (χ1) is 15.3. The number of imidazole rings is 1. The van der Waals surface area contributed by atoms with Crippen LogP contribution in [0.25, 0.3) is 16.9 Å². The molecule has 1 atom stereocenters. The second-order valence-corrected chi connectivity index (χ2v) is 7.17. The number of amides is 1. The molecule has 0 spiro atoms. The third-order valence-corrected chi connectivity index (χ3v) is 5.00. The van der Waals surface area contributed by atoms with Crippen molar-refractivity contribution in [1.29, 1.82) is 0 Å². The summed E-state index contributed by atoms with van der Waals surface area (Å²) in [6, 6.07) is 16.5. The van der Waals surface area contributed by atoms with Gasteiger partial charge in [0.2, 0.25) is 0 Å². The lowest BCUT2D eigenvalue weighted by Crippen LogP contribution is -2.28. The summed E-state index contributed by atoms with van der Waals surface area (Å²) in [7, 11) is 0. The van der Waals surface area contributed by atoms with Crippen molar-refractivity contribution in [2.75, 3.05) is 0 Å². The lowest BCUT2D eigenvalue weighted by atomic mass is 10.1. The van der Waals surface area contributed by atoms with E-state index in [-0.39, 0.29) is 11.9 Å². The third kappa shape index (κ3) is 4.56. The van der Waals surface area contributed by atoms with Gasteiger partial charge < -0.3 is 10.3 Å². The van der Waals surface area contributed by atoms with Crippen molar-refractivity contribution in [1.82, 2.24) is 25.1 Å². The van der Waals surface area contributed by atoms with E-state index in [2.05, 4.69) is 20.4 Å². The number of nitrogens with one attached hydrogen (secondary N) is 2. The van der Waals surface area contributed by atoms with E-state index >= 15 is 0 Å². The van der Waals surface area contributed by atoms with Crippen molar-refractivity contribution in [3.63, 3.8) is 0 Å². The molecule has 0 aliphatic heterocycles. The summed E-state index contributed by atoms with van der Waals surface area (Å²) in [6.45, 7) is 1.94. The van der Waals surface area contributed by atoms with Gasteiger partial charge >= 0.3 is 6.18 Å². The van der Waals surface area contributed by atoms with Gasteiger partial charge in [-0.25, -0.2) is 9.67 Å². The first kappa shape index (κ1) is 21.4. The van der Waals surface area contributed by atoms with Crippen LogP contribution < -0.4 is 5.32 Å². The molecule has 0 fully saturated rings. The van der Waals surface area contributed by atoms with Gasteiger partial charge in [-0.05, 0) is 42.3 Å². The molecule has 2 aromatic carbocycles. The van der Waals surface area contributed by atoms with Gasteiger partial charge in [-0.2, -0.15) is 18.3 Å².